The van der Waals surface area contributed by atoms with Crippen LogP contribution in [0.25, 0.3) is 0 Å². The fraction of sp³-hybridized carbons (Fsp3) is 0.333. The van der Waals surface area contributed by atoms with Gasteiger partial charge >= 0.3 is 0 Å². The average Bonchev–Trinajstić information content (AvgIpc) is 2.92. The van der Waals surface area contributed by atoms with Crippen LogP contribution >= 0.6 is 11.8 Å². The van der Waals surface area contributed by atoms with E-state index in [0.717, 1.165) is 28.7 Å². The van der Waals surface area contributed by atoms with Gasteiger partial charge in [-0.05, 0) is 37.0 Å². The van der Waals surface area contributed by atoms with E-state index in [1.54, 1.807) is 17.0 Å². The average molecular weight is 534 g/mol. The molecule has 3 aromatic carbocycles. The molecule has 0 heterocycles. The van der Waals surface area contributed by atoms with Gasteiger partial charge in [-0.2, -0.15) is 0 Å². The van der Waals surface area contributed by atoms with E-state index in [4.69, 9.17) is 0 Å². The Morgan fingerprint density at radius 2 is 1.58 bits per heavy atom. The summed E-state index contributed by atoms with van der Waals surface area (Å²) in [5.41, 5.74) is 4.00. The van der Waals surface area contributed by atoms with Gasteiger partial charge in [0.05, 0.1) is 10.7 Å². The Hall–Kier alpha value is -3.65. The first-order chi connectivity index (χ1) is 18.3. The van der Waals surface area contributed by atoms with E-state index in [2.05, 4.69) is 5.32 Å². The van der Waals surface area contributed by atoms with Crippen LogP contribution < -0.4 is 5.32 Å². The lowest BCUT2D eigenvalue weighted by atomic mass is 10.0. The third kappa shape index (κ3) is 8.73. The summed E-state index contributed by atoms with van der Waals surface area (Å²) in [6.45, 7) is 6.31. The molecule has 7 nitrogen and oxygen atoms in total. The minimum absolute atomic E-state index is 0.00591. The molecule has 0 aliphatic heterocycles. The van der Waals surface area contributed by atoms with E-state index in [1.165, 1.54) is 23.9 Å². The molecule has 0 radical (unpaired) electrons. The highest BCUT2D eigenvalue weighted by atomic mass is 32.2. The predicted octanol–water partition coefficient (Wildman–Crippen LogP) is 5.69. The van der Waals surface area contributed by atoms with E-state index >= 15 is 0 Å². The topological polar surface area (TPSA) is 92.6 Å². The molecule has 0 spiro atoms. The molecule has 0 saturated carbocycles. The molecule has 0 unspecified atom stereocenters. The molecule has 0 aromatic heterocycles. The van der Waals surface area contributed by atoms with Gasteiger partial charge in [-0.15, -0.1) is 11.8 Å². The van der Waals surface area contributed by atoms with E-state index in [1.807, 2.05) is 75.4 Å². The Kier molecular flexibility index (Phi) is 10.9. The Balaban J connectivity index is 1.82. The van der Waals surface area contributed by atoms with Gasteiger partial charge in [-0.1, -0.05) is 79.2 Å². The van der Waals surface area contributed by atoms with Crippen LogP contribution in [0.1, 0.15) is 42.5 Å². The molecule has 0 bridgehead atoms. The van der Waals surface area contributed by atoms with Gasteiger partial charge in [-0.25, -0.2) is 0 Å². The smallest absolute Gasteiger partial charge is 0.269 e. The first-order valence-electron chi connectivity index (χ1n) is 12.8. The number of aryl methyl sites for hydroxylation is 1. The lowest BCUT2D eigenvalue weighted by molar-refractivity contribution is -0.384. The maximum absolute atomic E-state index is 13.7. The zero-order valence-electron chi connectivity index (χ0n) is 22.1. The Morgan fingerprint density at radius 1 is 0.947 bits per heavy atom. The van der Waals surface area contributed by atoms with Crippen LogP contribution in [0, 0.1) is 17.0 Å². The van der Waals surface area contributed by atoms with Crippen LogP contribution in [0.5, 0.6) is 0 Å². The minimum atomic E-state index is -0.667. The molecule has 2 amide bonds. The van der Waals surface area contributed by atoms with E-state index < -0.39 is 11.0 Å². The van der Waals surface area contributed by atoms with Crippen molar-refractivity contribution < 1.29 is 14.5 Å². The summed E-state index contributed by atoms with van der Waals surface area (Å²) in [6, 6.07) is 23.4. The van der Waals surface area contributed by atoms with Crippen molar-refractivity contribution in [3.63, 3.8) is 0 Å². The Morgan fingerprint density at radius 3 is 2.18 bits per heavy atom. The normalized spacial score (nSPS) is 12.4. The number of benzene rings is 3. The molecular formula is C30H35N3O4S. The van der Waals surface area contributed by atoms with E-state index in [-0.39, 0.29) is 29.3 Å². The van der Waals surface area contributed by atoms with Crippen molar-refractivity contribution in [1.29, 1.82) is 0 Å². The zero-order chi connectivity index (χ0) is 27.5. The van der Waals surface area contributed by atoms with Crippen molar-refractivity contribution in [3.05, 3.63) is 111 Å². The summed E-state index contributed by atoms with van der Waals surface area (Å²) >= 11 is 1.43. The highest BCUT2D eigenvalue weighted by Crippen LogP contribution is 2.20. The second-order valence-electron chi connectivity index (χ2n) is 9.45. The fourth-order valence-electron chi connectivity index (χ4n) is 3.94. The maximum Gasteiger partial charge on any atom is 0.269 e. The van der Waals surface area contributed by atoms with Gasteiger partial charge in [0.15, 0.2) is 0 Å². The highest BCUT2D eigenvalue weighted by molar-refractivity contribution is 7.99. The predicted molar refractivity (Wildman–Crippen MR) is 153 cm³/mol. The minimum Gasteiger partial charge on any atom is -0.352 e. The van der Waals surface area contributed by atoms with Gasteiger partial charge in [0, 0.05) is 36.9 Å². The maximum atomic E-state index is 13.7. The van der Waals surface area contributed by atoms with Crippen LogP contribution in [0.15, 0.2) is 78.9 Å². The molecule has 0 aliphatic carbocycles. The number of nitro groups is 1. The van der Waals surface area contributed by atoms with E-state index in [9.17, 15) is 19.7 Å². The molecule has 2 atom stereocenters. The molecular weight excluding hydrogens is 498 g/mol. The number of rotatable bonds is 13. The standard InChI is InChI=1S/C30H35N3O4S/c1-4-23(3)31-30(35)28(18-24-8-6-5-7-9-24)32(19-25-12-10-22(2)11-13-25)29(34)21-38-20-26-14-16-27(17-15-26)33(36)37/h5-17,23,28H,4,18-21H2,1-3H3,(H,31,35)/t23-,28-/m0/s1. The van der Waals surface area contributed by atoms with Crippen molar-refractivity contribution in [2.45, 2.75) is 58.0 Å². The SMILES string of the molecule is CC[C@H](C)NC(=O)[C@H](Cc1ccccc1)N(Cc1ccc(C)cc1)C(=O)CSCc1ccc([N+](=O)[O-])cc1. The summed E-state index contributed by atoms with van der Waals surface area (Å²) in [5.74, 6) is 0.427. The summed E-state index contributed by atoms with van der Waals surface area (Å²) in [4.78, 5) is 39.4. The number of non-ortho nitro benzene ring substituents is 1. The number of carbonyl (C=O) groups excluding carboxylic acids is 2. The number of carbonyl (C=O) groups is 2. The summed E-state index contributed by atoms with van der Waals surface area (Å²) < 4.78 is 0. The van der Waals surface area contributed by atoms with Gasteiger partial charge in [0.2, 0.25) is 11.8 Å². The summed E-state index contributed by atoms with van der Waals surface area (Å²) in [5, 5.41) is 14.0. The number of hydrogen-bond donors (Lipinski definition) is 1. The summed E-state index contributed by atoms with van der Waals surface area (Å²) in [6.07, 6.45) is 1.20. The first-order valence-corrected chi connectivity index (χ1v) is 13.9. The van der Waals surface area contributed by atoms with Crippen LogP contribution in [-0.2, 0) is 28.3 Å². The number of nitrogens with one attached hydrogen (secondary N) is 1. The lowest BCUT2D eigenvalue weighted by Gasteiger charge is -2.32. The number of amides is 2. The fourth-order valence-corrected chi connectivity index (χ4v) is 4.81. The van der Waals surface area contributed by atoms with Crippen LogP contribution in [0.3, 0.4) is 0 Å². The van der Waals surface area contributed by atoms with Crippen molar-refractivity contribution in [3.8, 4) is 0 Å². The molecule has 200 valence electrons. The number of nitrogens with zero attached hydrogens (tertiary/aromatic N) is 2. The number of thioether (sulfide) groups is 1. The van der Waals surface area contributed by atoms with Crippen molar-refractivity contribution >= 4 is 29.3 Å². The van der Waals surface area contributed by atoms with Crippen molar-refractivity contribution in [2.75, 3.05) is 5.75 Å². The monoisotopic (exact) mass is 533 g/mol. The molecule has 38 heavy (non-hydrogen) atoms. The van der Waals surface area contributed by atoms with Gasteiger partial charge in [-0.3, -0.25) is 19.7 Å². The largest absolute Gasteiger partial charge is 0.352 e. The van der Waals surface area contributed by atoms with Gasteiger partial charge < -0.3 is 10.2 Å². The zero-order valence-corrected chi connectivity index (χ0v) is 22.9. The molecule has 0 saturated heterocycles. The molecule has 0 fully saturated rings. The molecule has 8 heteroatoms. The second-order valence-corrected chi connectivity index (χ2v) is 10.4. The van der Waals surface area contributed by atoms with Crippen molar-refractivity contribution in [1.82, 2.24) is 10.2 Å². The lowest BCUT2D eigenvalue weighted by Crippen LogP contribution is -2.52. The third-order valence-corrected chi connectivity index (χ3v) is 7.38. The van der Waals surface area contributed by atoms with Gasteiger partial charge in [0.25, 0.3) is 5.69 Å². The van der Waals surface area contributed by atoms with Crippen LogP contribution in [-0.4, -0.2) is 39.5 Å². The molecule has 1 N–H and O–H groups in total. The van der Waals surface area contributed by atoms with Crippen LogP contribution in [0.4, 0.5) is 5.69 Å². The van der Waals surface area contributed by atoms with Gasteiger partial charge in [0.1, 0.15) is 6.04 Å². The van der Waals surface area contributed by atoms with Crippen molar-refractivity contribution in [2.24, 2.45) is 0 Å². The van der Waals surface area contributed by atoms with E-state index in [0.29, 0.717) is 18.7 Å². The Labute approximate surface area is 228 Å². The Bertz CT molecular complexity index is 1200. The van der Waals surface area contributed by atoms with Crippen LogP contribution in [0.2, 0.25) is 0 Å². The quantitative estimate of drug-likeness (QED) is 0.225. The highest BCUT2D eigenvalue weighted by Gasteiger charge is 2.30. The molecule has 3 aromatic rings. The summed E-state index contributed by atoms with van der Waals surface area (Å²) in [7, 11) is 0. The third-order valence-electron chi connectivity index (χ3n) is 6.39. The second kappa shape index (κ2) is 14.3. The molecule has 3 rings (SSSR count). The molecule has 0 aliphatic rings. The number of nitro benzene ring substituents is 1. The first kappa shape index (κ1) is 28.9. The number of hydrogen-bond acceptors (Lipinski definition) is 5.